The van der Waals surface area contributed by atoms with Crippen LogP contribution in [0.2, 0.25) is 0 Å². The summed E-state index contributed by atoms with van der Waals surface area (Å²) in [6, 6.07) is 11.8. The zero-order valence-corrected chi connectivity index (χ0v) is 12.6. The third-order valence-electron chi connectivity index (χ3n) is 3.13. The summed E-state index contributed by atoms with van der Waals surface area (Å²) in [5, 5.41) is 6.95. The Morgan fingerprint density at radius 2 is 2.10 bits per heavy atom. The summed E-state index contributed by atoms with van der Waals surface area (Å²) in [5.74, 6) is 0.829. The first-order valence-electron chi connectivity index (χ1n) is 7.28. The van der Waals surface area contributed by atoms with Gasteiger partial charge in [0.1, 0.15) is 12.2 Å². The Labute approximate surface area is 124 Å². The van der Waals surface area contributed by atoms with Gasteiger partial charge in [0.2, 0.25) is 0 Å². The van der Waals surface area contributed by atoms with Crippen LogP contribution >= 0.6 is 0 Å². The van der Waals surface area contributed by atoms with Gasteiger partial charge in [-0.3, -0.25) is 4.79 Å². The van der Waals surface area contributed by atoms with Gasteiger partial charge in [-0.2, -0.15) is 0 Å². The average molecular weight is 288 g/mol. The van der Waals surface area contributed by atoms with Gasteiger partial charge in [-0.15, -0.1) is 0 Å². The molecule has 5 nitrogen and oxygen atoms in total. The van der Waals surface area contributed by atoms with E-state index in [1.54, 1.807) is 0 Å². The van der Waals surface area contributed by atoms with Crippen molar-refractivity contribution < 1.29 is 14.2 Å². The van der Waals surface area contributed by atoms with Crippen molar-refractivity contribution in [1.29, 1.82) is 0 Å². The highest BCUT2D eigenvalue weighted by atomic mass is 16.5. The molecular formula is C16H22N3O2+. The second-order valence-electron chi connectivity index (χ2n) is 5.21. The lowest BCUT2D eigenvalue weighted by atomic mass is 10.1. The van der Waals surface area contributed by atoms with Crippen LogP contribution in [0.3, 0.4) is 0 Å². The van der Waals surface area contributed by atoms with E-state index in [1.165, 1.54) is 0 Å². The molecule has 0 bridgehead atoms. The molecule has 1 atom stereocenters. The first-order valence-corrected chi connectivity index (χ1v) is 7.28. The Bertz CT molecular complexity index is 566. The van der Waals surface area contributed by atoms with Crippen molar-refractivity contribution in [3.8, 4) is 11.3 Å². The van der Waals surface area contributed by atoms with Crippen molar-refractivity contribution in [2.75, 3.05) is 20.1 Å². The molecule has 1 aromatic heterocycles. The number of aromatic nitrogens is 1. The van der Waals surface area contributed by atoms with Crippen LogP contribution in [0.25, 0.3) is 11.3 Å². The van der Waals surface area contributed by atoms with Crippen LogP contribution in [0.4, 0.5) is 0 Å². The normalized spacial score (nSPS) is 12.1. The molecule has 21 heavy (non-hydrogen) atoms. The van der Waals surface area contributed by atoms with Crippen LogP contribution in [0.5, 0.6) is 0 Å². The molecule has 2 rings (SSSR count). The lowest BCUT2D eigenvalue weighted by molar-refractivity contribution is -0.885. The molecule has 1 heterocycles. The summed E-state index contributed by atoms with van der Waals surface area (Å²) < 4.78 is 5.36. The highest BCUT2D eigenvalue weighted by molar-refractivity contribution is 5.76. The molecule has 1 aromatic carbocycles. The van der Waals surface area contributed by atoms with Crippen molar-refractivity contribution >= 4 is 5.91 Å². The predicted molar refractivity (Wildman–Crippen MR) is 80.7 cm³/mol. The zero-order chi connectivity index (χ0) is 15.1. The van der Waals surface area contributed by atoms with Gasteiger partial charge in [0.25, 0.3) is 5.91 Å². The molecular weight excluding hydrogens is 266 g/mol. The van der Waals surface area contributed by atoms with Crippen molar-refractivity contribution in [3.63, 3.8) is 0 Å². The second-order valence-corrected chi connectivity index (χ2v) is 5.21. The summed E-state index contributed by atoms with van der Waals surface area (Å²) in [5.41, 5.74) is 1.87. The van der Waals surface area contributed by atoms with E-state index in [0.717, 1.165) is 34.9 Å². The van der Waals surface area contributed by atoms with E-state index in [4.69, 9.17) is 4.52 Å². The molecule has 0 radical (unpaired) electrons. The summed E-state index contributed by atoms with van der Waals surface area (Å²) >= 11 is 0. The van der Waals surface area contributed by atoms with Gasteiger partial charge in [0.15, 0.2) is 12.3 Å². The Balaban J connectivity index is 1.89. The fourth-order valence-electron chi connectivity index (χ4n) is 2.11. The van der Waals surface area contributed by atoms with E-state index < -0.39 is 0 Å². The highest BCUT2D eigenvalue weighted by Crippen LogP contribution is 2.19. The number of carbonyl (C=O) groups is 1. The molecule has 0 saturated carbocycles. The van der Waals surface area contributed by atoms with Crippen molar-refractivity contribution in [3.05, 3.63) is 42.1 Å². The smallest absolute Gasteiger partial charge is 0.275 e. The van der Waals surface area contributed by atoms with Crippen molar-refractivity contribution in [2.24, 2.45) is 0 Å². The fourth-order valence-corrected chi connectivity index (χ4v) is 2.11. The number of nitrogens with one attached hydrogen (secondary N) is 2. The third-order valence-corrected chi connectivity index (χ3v) is 3.13. The third kappa shape index (κ3) is 4.72. The van der Waals surface area contributed by atoms with Crippen LogP contribution in [0, 0.1) is 0 Å². The maximum absolute atomic E-state index is 11.7. The minimum Gasteiger partial charge on any atom is -0.356 e. The standard InChI is InChI=1S/C16H21N3O2/c1-3-9-17-16(20)12-19(2)11-14-10-15(21-18-14)13-7-5-4-6-8-13/h4-8,10H,3,9,11-12H2,1-2H3,(H,17,20)/p+1. The summed E-state index contributed by atoms with van der Waals surface area (Å²) in [7, 11) is 1.97. The molecule has 0 aliphatic carbocycles. The maximum Gasteiger partial charge on any atom is 0.275 e. The average Bonchev–Trinajstić information content (AvgIpc) is 2.94. The topological polar surface area (TPSA) is 59.6 Å². The molecule has 1 amide bonds. The van der Waals surface area contributed by atoms with Crippen LogP contribution in [-0.4, -0.2) is 31.2 Å². The summed E-state index contributed by atoms with van der Waals surface area (Å²) in [4.78, 5) is 12.7. The number of rotatable bonds is 7. The quantitative estimate of drug-likeness (QED) is 0.795. The van der Waals surface area contributed by atoms with Crippen molar-refractivity contribution in [2.45, 2.75) is 19.9 Å². The number of quaternary nitrogens is 1. The molecule has 0 spiro atoms. The van der Waals surface area contributed by atoms with E-state index in [9.17, 15) is 4.79 Å². The molecule has 0 aliphatic rings. The summed E-state index contributed by atoms with van der Waals surface area (Å²) in [6.45, 7) is 3.87. The molecule has 0 fully saturated rings. The Kier molecular flexibility index (Phi) is 5.51. The van der Waals surface area contributed by atoms with Gasteiger partial charge in [-0.1, -0.05) is 42.4 Å². The highest BCUT2D eigenvalue weighted by Gasteiger charge is 2.13. The molecule has 2 N–H and O–H groups in total. The zero-order valence-electron chi connectivity index (χ0n) is 12.6. The molecule has 2 aromatic rings. The molecule has 5 heteroatoms. The first-order chi connectivity index (χ1) is 10.2. The Morgan fingerprint density at radius 3 is 2.81 bits per heavy atom. The molecule has 112 valence electrons. The summed E-state index contributed by atoms with van der Waals surface area (Å²) in [6.07, 6.45) is 0.953. The van der Waals surface area contributed by atoms with Crippen LogP contribution in [0.15, 0.2) is 40.9 Å². The molecule has 1 unspecified atom stereocenters. The van der Waals surface area contributed by atoms with Gasteiger partial charge in [0.05, 0.1) is 7.05 Å². The monoisotopic (exact) mass is 288 g/mol. The van der Waals surface area contributed by atoms with Gasteiger partial charge in [-0.25, -0.2) is 0 Å². The number of nitrogens with zero attached hydrogens (tertiary/aromatic N) is 1. The fraction of sp³-hybridized carbons (Fsp3) is 0.375. The first kappa shape index (κ1) is 15.3. The number of amides is 1. The van der Waals surface area contributed by atoms with E-state index in [0.29, 0.717) is 13.1 Å². The lowest BCUT2D eigenvalue weighted by Gasteiger charge is -2.11. The number of carbonyl (C=O) groups excluding carboxylic acids is 1. The Hall–Kier alpha value is -2.14. The Morgan fingerprint density at radius 1 is 1.33 bits per heavy atom. The van der Waals surface area contributed by atoms with Gasteiger partial charge < -0.3 is 14.7 Å². The van der Waals surface area contributed by atoms with Crippen LogP contribution < -0.4 is 10.2 Å². The minimum absolute atomic E-state index is 0.0705. The minimum atomic E-state index is 0.0705. The SMILES string of the molecule is CCCNC(=O)C[NH+](C)Cc1cc(-c2ccccc2)on1. The molecule has 0 aliphatic heterocycles. The largest absolute Gasteiger partial charge is 0.356 e. The number of hydrogen-bond donors (Lipinski definition) is 2. The maximum atomic E-state index is 11.7. The van der Waals surface area contributed by atoms with E-state index in [2.05, 4.69) is 10.5 Å². The predicted octanol–water partition coefficient (Wildman–Crippen LogP) is 0.883. The van der Waals surface area contributed by atoms with Crippen molar-refractivity contribution in [1.82, 2.24) is 10.5 Å². The van der Waals surface area contributed by atoms with E-state index in [1.807, 2.05) is 50.4 Å². The lowest BCUT2D eigenvalue weighted by Crippen LogP contribution is -3.09. The number of hydrogen-bond acceptors (Lipinski definition) is 3. The number of likely N-dealkylation sites (N-methyl/N-ethyl adjacent to an activating group) is 1. The van der Waals surface area contributed by atoms with Crippen LogP contribution in [0.1, 0.15) is 19.0 Å². The second kappa shape index (κ2) is 7.59. The van der Waals surface area contributed by atoms with Gasteiger partial charge in [0, 0.05) is 18.2 Å². The van der Waals surface area contributed by atoms with E-state index >= 15 is 0 Å². The number of benzene rings is 1. The van der Waals surface area contributed by atoms with Gasteiger partial charge in [-0.05, 0) is 6.42 Å². The van der Waals surface area contributed by atoms with Gasteiger partial charge >= 0.3 is 0 Å². The molecule has 0 saturated heterocycles. The van der Waals surface area contributed by atoms with Crippen LogP contribution in [-0.2, 0) is 11.3 Å². The van der Waals surface area contributed by atoms with E-state index in [-0.39, 0.29) is 5.91 Å².